The number of hydrogen-bond donors (Lipinski definition) is 4. The van der Waals surface area contributed by atoms with Gasteiger partial charge in [-0.2, -0.15) is 0 Å². The Morgan fingerprint density at radius 3 is 1.39 bits per heavy atom. The molecule has 2 atom stereocenters. The number of nitrogens with one attached hydrogen (secondary N) is 2. The molecule has 0 aromatic heterocycles. The summed E-state index contributed by atoms with van der Waals surface area (Å²) >= 11 is 0. The maximum absolute atomic E-state index is 11.1. The van der Waals surface area contributed by atoms with Crippen LogP contribution >= 0.6 is 0 Å². The molecule has 0 bridgehead atoms. The van der Waals surface area contributed by atoms with Crippen molar-refractivity contribution in [1.29, 1.82) is 0 Å². The van der Waals surface area contributed by atoms with Gasteiger partial charge in [-0.25, -0.2) is 11.7 Å². The van der Waals surface area contributed by atoms with Crippen LogP contribution in [0, 0.1) is 20.2 Å². The van der Waals surface area contributed by atoms with E-state index < -0.39 is 34.2 Å². The van der Waals surface area contributed by atoms with Gasteiger partial charge in [-0.15, -0.1) is 20.2 Å². The molecule has 2 amide bonds. The van der Waals surface area contributed by atoms with Crippen molar-refractivity contribution in [2.24, 2.45) is 11.7 Å². The van der Waals surface area contributed by atoms with Crippen LogP contribution in [-0.2, 0) is 19.3 Å². The molecule has 0 rings (SSSR count). The Bertz CT molecular complexity index is 323. The van der Waals surface area contributed by atoms with Gasteiger partial charge in [-0.3, -0.25) is 30.1 Å². The van der Waals surface area contributed by atoms with Crippen molar-refractivity contribution < 1.29 is 29.4 Å². The van der Waals surface area contributed by atoms with E-state index in [1.54, 1.807) is 0 Å². The highest BCUT2D eigenvalue weighted by Crippen LogP contribution is 2.06. The summed E-state index contributed by atoms with van der Waals surface area (Å²) in [6.45, 7) is 0. The van der Waals surface area contributed by atoms with Crippen LogP contribution in [0.1, 0.15) is 0 Å². The summed E-state index contributed by atoms with van der Waals surface area (Å²) < 4.78 is 0. The molecule has 0 spiro atoms. The van der Waals surface area contributed by atoms with Gasteiger partial charge in [0.1, 0.15) is 0 Å². The fourth-order valence-electron chi connectivity index (χ4n) is 0.831. The van der Waals surface area contributed by atoms with Gasteiger partial charge >= 0.3 is 0 Å². The molecule has 0 saturated heterocycles. The van der Waals surface area contributed by atoms with Crippen LogP contribution in [0.2, 0.25) is 0 Å². The third-order valence-electron chi connectivity index (χ3n) is 1.48. The summed E-state index contributed by atoms with van der Waals surface area (Å²) in [7, 11) is 0. The zero-order chi connectivity index (χ0) is 14.3. The molecule has 14 heteroatoms. The Morgan fingerprint density at radius 2 is 1.22 bits per heavy atom. The summed E-state index contributed by atoms with van der Waals surface area (Å²) in [6.07, 6.45) is -4.61. The average molecular weight is 268 g/mol. The van der Waals surface area contributed by atoms with Crippen LogP contribution in [0.25, 0.3) is 0 Å². The molecule has 6 N–H and O–H groups in total. The molecule has 0 heterocycles. The predicted octanol–water partition coefficient (Wildman–Crippen LogP) is -3.88. The lowest BCUT2D eigenvalue weighted by atomic mass is 10.2. The van der Waals surface area contributed by atoms with E-state index in [4.69, 9.17) is 0 Å². The molecule has 0 aromatic rings. The minimum atomic E-state index is -2.31. The number of nitrogens with zero attached hydrogens (tertiary/aromatic N) is 2. The van der Waals surface area contributed by atoms with Gasteiger partial charge in [-0.1, -0.05) is 0 Å². The van der Waals surface area contributed by atoms with E-state index >= 15 is 0 Å². The van der Waals surface area contributed by atoms with E-state index in [0.717, 1.165) is 0 Å². The zero-order valence-corrected chi connectivity index (χ0v) is 8.47. The van der Waals surface area contributed by atoms with Crippen molar-refractivity contribution >= 4 is 11.8 Å². The standard InChI is InChI=1S/C4H8N6O8/c5-7-3(11)1(17-9(13)14)2(4(12)8-6)18-10(15)16/h1-2H,5-6H2,(H,7,11)(H,8,12). The van der Waals surface area contributed by atoms with Crippen LogP contribution in [0.4, 0.5) is 0 Å². The fourth-order valence-corrected chi connectivity index (χ4v) is 0.831. The molecule has 102 valence electrons. The summed E-state index contributed by atoms with van der Waals surface area (Å²) in [5.41, 5.74) is 2.82. The Kier molecular flexibility index (Phi) is 5.73. The first-order valence-electron chi connectivity index (χ1n) is 3.96. The molecule has 0 fully saturated rings. The van der Waals surface area contributed by atoms with E-state index in [0.29, 0.717) is 0 Å². The molecular weight excluding hydrogens is 260 g/mol. The van der Waals surface area contributed by atoms with Crippen molar-refractivity contribution in [3.05, 3.63) is 20.2 Å². The van der Waals surface area contributed by atoms with E-state index in [1.165, 1.54) is 10.9 Å². The third-order valence-corrected chi connectivity index (χ3v) is 1.48. The number of amides is 2. The van der Waals surface area contributed by atoms with Gasteiger partial charge in [-0.05, 0) is 0 Å². The third kappa shape index (κ3) is 4.41. The number of carbonyl (C=O) groups excluding carboxylic acids is 2. The lowest BCUT2D eigenvalue weighted by Crippen LogP contribution is -2.55. The Labute approximate surface area is 97.3 Å². The average Bonchev–Trinajstić information content (AvgIpc) is 2.30. The lowest BCUT2D eigenvalue weighted by Gasteiger charge is -2.20. The minimum absolute atomic E-state index is 1.40. The number of rotatable bonds is 7. The molecule has 18 heavy (non-hydrogen) atoms. The van der Waals surface area contributed by atoms with Gasteiger partial charge < -0.3 is 0 Å². The van der Waals surface area contributed by atoms with Crippen molar-refractivity contribution in [1.82, 2.24) is 10.9 Å². The van der Waals surface area contributed by atoms with Gasteiger partial charge in [0, 0.05) is 0 Å². The first kappa shape index (κ1) is 15.3. The summed E-state index contributed by atoms with van der Waals surface area (Å²) in [5, 5.41) is 17.3. The first-order chi connectivity index (χ1) is 8.33. The van der Waals surface area contributed by atoms with Crippen molar-refractivity contribution in [3.8, 4) is 0 Å². The molecule has 14 nitrogen and oxygen atoms in total. The largest absolute Gasteiger partial charge is 0.298 e. The van der Waals surface area contributed by atoms with Gasteiger partial charge in [0.15, 0.2) is 0 Å². The quantitative estimate of drug-likeness (QED) is 0.152. The Hall–Kier alpha value is -2.74. The highest BCUT2D eigenvalue weighted by Gasteiger charge is 2.39. The van der Waals surface area contributed by atoms with E-state index in [2.05, 4.69) is 21.4 Å². The minimum Gasteiger partial charge on any atom is -0.298 e. The summed E-state index contributed by atoms with van der Waals surface area (Å²) in [4.78, 5) is 50.0. The second-order valence-electron chi connectivity index (χ2n) is 2.52. The number of carbonyl (C=O) groups is 2. The Balaban J connectivity index is 5.17. The Morgan fingerprint density at radius 1 is 0.944 bits per heavy atom. The number of hydrazine groups is 2. The molecule has 0 aliphatic carbocycles. The predicted molar refractivity (Wildman–Crippen MR) is 48.4 cm³/mol. The van der Waals surface area contributed by atoms with Gasteiger partial charge in [0.2, 0.25) is 12.2 Å². The maximum atomic E-state index is 11.1. The van der Waals surface area contributed by atoms with Crippen LogP contribution < -0.4 is 22.5 Å². The topological polar surface area (TPSA) is 215 Å². The second kappa shape index (κ2) is 6.76. The monoisotopic (exact) mass is 268 g/mol. The van der Waals surface area contributed by atoms with Crippen molar-refractivity contribution in [2.75, 3.05) is 0 Å². The molecule has 0 aliphatic heterocycles. The highest BCUT2D eigenvalue weighted by molar-refractivity contribution is 5.90. The molecule has 0 aliphatic rings. The lowest BCUT2D eigenvalue weighted by molar-refractivity contribution is -0.792. The molecule has 0 saturated carbocycles. The fraction of sp³-hybridized carbons (Fsp3) is 0.500. The van der Waals surface area contributed by atoms with E-state index in [-0.39, 0.29) is 0 Å². The van der Waals surface area contributed by atoms with Crippen molar-refractivity contribution in [2.45, 2.75) is 12.2 Å². The molecular formula is C4H8N6O8. The number of nitrogens with two attached hydrogens (primary N) is 2. The van der Waals surface area contributed by atoms with Crippen LogP contribution in [0.15, 0.2) is 0 Å². The molecule has 0 aromatic carbocycles. The summed E-state index contributed by atoms with van der Waals surface area (Å²) in [6, 6.07) is 0. The highest BCUT2D eigenvalue weighted by atomic mass is 17.0. The normalized spacial score (nSPS) is 12.8. The van der Waals surface area contributed by atoms with Crippen molar-refractivity contribution in [3.63, 3.8) is 0 Å². The SMILES string of the molecule is NNC(=O)C(O[N+](=O)[O-])C(O[N+](=O)[O-])C(=O)NN. The summed E-state index contributed by atoms with van der Waals surface area (Å²) in [5.74, 6) is 6.54. The second-order valence-corrected chi connectivity index (χ2v) is 2.52. The van der Waals surface area contributed by atoms with Crippen LogP contribution in [0.5, 0.6) is 0 Å². The van der Waals surface area contributed by atoms with E-state index in [9.17, 15) is 29.8 Å². The van der Waals surface area contributed by atoms with Gasteiger partial charge in [0.25, 0.3) is 22.0 Å². The number of hydrogen-bond acceptors (Lipinski definition) is 10. The van der Waals surface area contributed by atoms with Crippen LogP contribution in [0.3, 0.4) is 0 Å². The molecule has 2 unspecified atom stereocenters. The zero-order valence-electron chi connectivity index (χ0n) is 8.47. The smallest absolute Gasteiger partial charge is 0.295 e. The van der Waals surface area contributed by atoms with Gasteiger partial charge in [0.05, 0.1) is 0 Å². The maximum Gasteiger partial charge on any atom is 0.295 e. The molecule has 0 radical (unpaired) electrons. The van der Waals surface area contributed by atoms with E-state index in [1.807, 2.05) is 0 Å². The first-order valence-corrected chi connectivity index (χ1v) is 3.96. The van der Waals surface area contributed by atoms with Crippen LogP contribution in [-0.4, -0.2) is 34.2 Å².